The predicted molar refractivity (Wildman–Crippen MR) is 58.9 cm³/mol. The van der Waals surface area contributed by atoms with Crippen LogP contribution in [0.15, 0.2) is 16.6 Å². The first-order valence-corrected chi connectivity index (χ1v) is 5.31. The van der Waals surface area contributed by atoms with Gasteiger partial charge in [-0.25, -0.2) is 0 Å². The highest BCUT2D eigenvalue weighted by molar-refractivity contribution is 9.10. The van der Waals surface area contributed by atoms with Crippen molar-refractivity contribution in [1.29, 1.82) is 0 Å². The zero-order chi connectivity index (χ0) is 10.0. The fourth-order valence-corrected chi connectivity index (χ4v) is 2.44. The smallest absolute Gasteiger partial charge is 0.178 e. The highest BCUT2D eigenvalue weighted by atomic mass is 79.9. The summed E-state index contributed by atoms with van der Waals surface area (Å²) in [6.07, 6.45) is 0. The van der Waals surface area contributed by atoms with Crippen molar-refractivity contribution in [3.63, 3.8) is 0 Å². The minimum Gasteiger partial charge on any atom is -0.293 e. The largest absolute Gasteiger partial charge is 0.293 e. The van der Waals surface area contributed by atoms with Crippen LogP contribution in [0, 0.1) is 6.92 Å². The van der Waals surface area contributed by atoms with Crippen LogP contribution in [-0.2, 0) is 0 Å². The second-order valence-electron chi connectivity index (χ2n) is 2.64. The Morgan fingerprint density at radius 1 is 1.54 bits per heavy atom. The van der Waals surface area contributed by atoms with Crippen molar-refractivity contribution in [3.8, 4) is 0 Å². The third-order valence-electron chi connectivity index (χ3n) is 1.65. The second kappa shape index (κ2) is 4.45. The van der Waals surface area contributed by atoms with Crippen LogP contribution in [0.2, 0.25) is 5.02 Å². The van der Waals surface area contributed by atoms with Gasteiger partial charge in [0.2, 0.25) is 0 Å². The van der Waals surface area contributed by atoms with Gasteiger partial charge in [0.1, 0.15) is 0 Å². The molecule has 0 heterocycles. The molecule has 13 heavy (non-hydrogen) atoms. The molecule has 0 aromatic heterocycles. The molecular weight excluding hydrogens is 275 g/mol. The minimum atomic E-state index is -0.0947. The fourth-order valence-electron chi connectivity index (χ4n) is 1.12. The zero-order valence-electron chi connectivity index (χ0n) is 6.90. The number of benzene rings is 1. The molecule has 0 N–H and O–H groups in total. The fraction of sp³-hybridized carbons (Fsp3) is 0.222. The van der Waals surface area contributed by atoms with Crippen molar-refractivity contribution in [2.45, 2.75) is 6.92 Å². The number of halogens is 3. The minimum absolute atomic E-state index is 0.0128. The van der Waals surface area contributed by atoms with Crippen molar-refractivity contribution in [2.75, 3.05) is 5.88 Å². The molecule has 0 radical (unpaired) electrons. The van der Waals surface area contributed by atoms with E-state index in [4.69, 9.17) is 23.2 Å². The van der Waals surface area contributed by atoms with Crippen LogP contribution in [0.5, 0.6) is 0 Å². The summed E-state index contributed by atoms with van der Waals surface area (Å²) in [4.78, 5) is 11.4. The van der Waals surface area contributed by atoms with E-state index >= 15 is 0 Å². The van der Waals surface area contributed by atoms with Crippen molar-refractivity contribution in [1.82, 2.24) is 0 Å². The van der Waals surface area contributed by atoms with Gasteiger partial charge in [0, 0.05) is 15.1 Å². The topological polar surface area (TPSA) is 17.1 Å². The average Bonchev–Trinajstić information content (AvgIpc) is 2.02. The maximum Gasteiger partial charge on any atom is 0.178 e. The van der Waals surface area contributed by atoms with Gasteiger partial charge in [0.25, 0.3) is 0 Å². The highest BCUT2D eigenvalue weighted by Gasteiger charge is 2.12. The van der Waals surface area contributed by atoms with E-state index in [-0.39, 0.29) is 11.7 Å². The van der Waals surface area contributed by atoms with Gasteiger partial charge < -0.3 is 0 Å². The van der Waals surface area contributed by atoms with Crippen LogP contribution in [-0.4, -0.2) is 11.7 Å². The number of Topliss-reactive ketones (excluding diaryl/α,β-unsaturated/α-hetero) is 1. The molecule has 4 heteroatoms. The van der Waals surface area contributed by atoms with Gasteiger partial charge in [-0.2, -0.15) is 0 Å². The monoisotopic (exact) mass is 280 g/mol. The van der Waals surface area contributed by atoms with Gasteiger partial charge in [0.05, 0.1) is 5.88 Å². The third kappa shape index (κ3) is 2.46. The summed E-state index contributed by atoms with van der Waals surface area (Å²) in [5, 5.41) is 0.607. The van der Waals surface area contributed by atoms with Crippen LogP contribution < -0.4 is 0 Å². The Morgan fingerprint density at radius 3 is 2.62 bits per heavy atom. The maximum absolute atomic E-state index is 11.4. The molecular formula is C9H7BrCl2O. The molecule has 1 aromatic carbocycles. The van der Waals surface area contributed by atoms with Gasteiger partial charge in [0.15, 0.2) is 5.78 Å². The van der Waals surface area contributed by atoms with E-state index in [9.17, 15) is 4.79 Å². The number of alkyl halides is 1. The molecule has 0 fully saturated rings. The SMILES string of the molecule is Cc1cc(Cl)cc(Br)c1C(=O)CCl. The van der Waals surface area contributed by atoms with E-state index in [1.165, 1.54) is 0 Å². The molecule has 0 saturated carbocycles. The molecule has 0 amide bonds. The number of rotatable bonds is 2. The van der Waals surface area contributed by atoms with E-state index in [1.807, 2.05) is 6.92 Å². The van der Waals surface area contributed by atoms with E-state index in [0.29, 0.717) is 15.1 Å². The van der Waals surface area contributed by atoms with Crippen LogP contribution >= 0.6 is 39.1 Å². The van der Waals surface area contributed by atoms with Crippen molar-refractivity contribution in [2.24, 2.45) is 0 Å². The maximum atomic E-state index is 11.4. The predicted octanol–water partition coefficient (Wildman–Crippen LogP) is 3.83. The normalized spacial score (nSPS) is 10.2. The molecule has 1 aromatic rings. The van der Waals surface area contributed by atoms with Crippen LogP contribution in [0.1, 0.15) is 15.9 Å². The molecule has 0 bridgehead atoms. The number of carbonyl (C=O) groups excluding carboxylic acids is 1. The Kier molecular flexibility index (Phi) is 3.77. The summed E-state index contributed by atoms with van der Waals surface area (Å²) in [5.41, 5.74) is 1.45. The summed E-state index contributed by atoms with van der Waals surface area (Å²) in [7, 11) is 0. The lowest BCUT2D eigenvalue weighted by Crippen LogP contribution is -2.04. The van der Waals surface area contributed by atoms with Crippen LogP contribution in [0.4, 0.5) is 0 Å². The molecule has 0 aliphatic heterocycles. The first-order chi connectivity index (χ1) is 6.06. The van der Waals surface area contributed by atoms with E-state index < -0.39 is 0 Å². The number of hydrogen-bond acceptors (Lipinski definition) is 1. The molecule has 70 valence electrons. The van der Waals surface area contributed by atoms with Crippen LogP contribution in [0.25, 0.3) is 0 Å². The Labute approximate surface area is 95.2 Å². The van der Waals surface area contributed by atoms with Gasteiger partial charge in [-0.3, -0.25) is 4.79 Å². The lowest BCUT2D eigenvalue weighted by molar-refractivity contribution is 0.102. The summed E-state index contributed by atoms with van der Waals surface area (Å²) < 4.78 is 0.697. The number of carbonyl (C=O) groups is 1. The van der Waals surface area contributed by atoms with Gasteiger partial charge in [-0.1, -0.05) is 11.6 Å². The third-order valence-corrected chi connectivity index (χ3v) is 2.74. The molecule has 0 aliphatic carbocycles. The molecule has 0 unspecified atom stereocenters. The molecule has 0 saturated heterocycles. The number of aryl methyl sites for hydroxylation is 1. The summed E-state index contributed by atoms with van der Waals surface area (Å²) >= 11 is 14.5. The van der Waals surface area contributed by atoms with Crippen molar-refractivity contribution < 1.29 is 4.79 Å². The second-order valence-corrected chi connectivity index (χ2v) is 4.19. The van der Waals surface area contributed by atoms with E-state index in [0.717, 1.165) is 5.56 Å². The first-order valence-electron chi connectivity index (χ1n) is 3.61. The summed E-state index contributed by atoms with van der Waals surface area (Å²) in [5.74, 6) is -0.108. The van der Waals surface area contributed by atoms with Gasteiger partial charge >= 0.3 is 0 Å². The Bertz CT molecular complexity index is 326. The average molecular weight is 282 g/mol. The van der Waals surface area contributed by atoms with Gasteiger partial charge in [-0.15, -0.1) is 11.6 Å². The molecule has 1 nitrogen and oxygen atoms in total. The molecule has 0 spiro atoms. The molecule has 0 aliphatic rings. The number of hydrogen-bond donors (Lipinski definition) is 0. The summed E-state index contributed by atoms with van der Waals surface area (Å²) in [6.45, 7) is 1.83. The van der Waals surface area contributed by atoms with E-state index in [2.05, 4.69) is 15.9 Å². The van der Waals surface area contributed by atoms with Crippen molar-refractivity contribution >= 4 is 44.9 Å². The Morgan fingerprint density at radius 2 is 2.15 bits per heavy atom. The molecule has 0 atom stereocenters. The lowest BCUT2D eigenvalue weighted by atomic mass is 10.1. The molecule has 1 rings (SSSR count). The zero-order valence-corrected chi connectivity index (χ0v) is 10.0. The van der Waals surface area contributed by atoms with Crippen molar-refractivity contribution in [3.05, 3.63) is 32.8 Å². The Balaban J connectivity index is 3.28. The quantitative estimate of drug-likeness (QED) is 0.595. The number of ketones is 1. The van der Waals surface area contributed by atoms with E-state index in [1.54, 1.807) is 12.1 Å². The summed E-state index contributed by atoms with van der Waals surface area (Å²) in [6, 6.07) is 3.43. The van der Waals surface area contributed by atoms with Gasteiger partial charge in [-0.05, 0) is 40.5 Å². The standard InChI is InChI=1S/C9H7BrCl2O/c1-5-2-6(12)3-7(10)9(5)8(13)4-11/h2-3H,4H2,1H3. The van der Waals surface area contributed by atoms with Crippen LogP contribution in [0.3, 0.4) is 0 Å². The first kappa shape index (κ1) is 11.0. The lowest BCUT2D eigenvalue weighted by Gasteiger charge is -2.05. The highest BCUT2D eigenvalue weighted by Crippen LogP contribution is 2.25. The Hall–Kier alpha value is -0.0500.